The first-order valence-corrected chi connectivity index (χ1v) is 8.31. The molecule has 4 nitrogen and oxygen atoms in total. The van der Waals surface area contributed by atoms with Gasteiger partial charge < -0.3 is 16.0 Å². The monoisotopic (exact) mass is 353 g/mol. The second-order valence-corrected chi connectivity index (χ2v) is 6.72. The summed E-state index contributed by atoms with van der Waals surface area (Å²) in [4.78, 5) is 13.4. The number of carbonyl (C=O) groups is 1. The first kappa shape index (κ1) is 16.3. The summed E-state index contributed by atoms with van der Waals surface area (Å²) < 4.78 is 1.11. The lowest BCUT2D eigenvalue weighted by Crippen LogP contribution is -2.38. The fourth-order valence-electron chi connectivity index (χ4n) is 2.73. The summed E-state index contributed by atoms with van der Waals surface area (Å²) in [6, 6.07) is 6.42. The van der Waals surface area contributed by atoms with Crippen LogP contribution in [0.15, 0.2) is 22.7 Å². The lowest BCUT2D eigenvalue weighted by atomic mass is 9.96. The van der Waals surface area contributed by atoms with E-state index in [9.17, 15) is 4.79 Å². The van der Waals surface area contributed by atoms with Crippen molar-refractivity contribution in [2.45, 2.75) is 32.7 Å². The molecule has 1 fully saturated rings. The summed E-state index contributed by atoms with van der Waals surface area (Å²) in [6.07, 6.45) is 2.23. The number of nitrogens with zero attached hydrogens (tertiary/aromatic N) is 1. The maximum atomic E-state index is 11.0. The Kier molecular flexibility index (Phi) is 5.65. The number of hydrogen-bond donors (Lipinski definition) is 2. The van der Waals surface area contributed by atoms with Crippen LogP contribution in [0.2, 0.25) is 0 Å². The van der Waals surface area contributed by atoms with Crippen LogP contribution in [0, 0.1) is 5.92 Å². The van der Waals surface area contributed by atoms with Crippen LogP contribution in [0.4, 0.5) is 5.69 Å². The minimum Gasteiger partial charge on any atom is -0.371 e. The molecule has 1 amide bonds. The van der Waals surface area contributed by atoms with Gasteiger partial charge in [-0.3, -0.25) is 4.79 Å². The molecule has 1 saturated heterocycles. The Balaban J connectivity index is 1.94. The number of benzene rings is 1. The Labute approximate surface area is 135 Å². The van der Waals surface area contributed by atoms with E-state index in [1.54, 1.807) is 6.92 Å². The van der Waals surface area contributed by atoms with Crippen molar-refractivity contribution in [2.24, 2.45) is 11.7 Å². The maximum Gasteiger partial charge on any atom is 0.216 e. The van der Waals surface area contributed by atoms with Crippen LogP contribution in [-0.4, -0.2) is 25.5 Å². The van der Waals surface area contributed by atoms with E-state index in [1.807, 2.05) is 6.92 Å². The van der Waals surface area contributed by atoms with Crippen molar-refractivity contribution in [1.82, 2.24) is 5.32 Å². The number of nitrogens with one attached hydrogen (secondary N) is 1. The van der Waals surface area contributed by atoms with Gasteiger partial charge in [0, 0.05) is 37.1 Å². The predicted octanol–water partition coefficient (Wildman–Crippen LogP) is 2.82. The maximum absolute atomic E-state index is 11.0. The molecule has 0 aliphatic carbocycles. The summed E-state index contributed by atoms with van der Waals surface area (Å²) in [7, 11) is 0. The van der Waals surface area contributed by atoms with E-state index in [2.05, 4.69) is 44.3 Å². The van der Waals surface area contributed by atoms with Crippen LogP contribution in [0.5, 0.6) is 0 Å². The van der Waals surface area contributed by atoms with E-state index >= 15 is 0 Å². The molecule has 116 valence electrons. The van der Waals surface area contributed by atoms with Crippen molar-refractivity contribution >= 4 is 27.5 Å². The normalized spacial score (nSPS) is 17.6. The fraction of sp³-hybridized carbons (Fsp3) is 0.562. The molecule has 5 heteroatoms. The Morgan fingerprint density at radius 1 is 1.48 bits per heavy atom. The molecule has 21 heavy (non-hydrogen) atoms. The molecule has 0 saturated carbocycles. The average Bonchev–Trinajstić information content (AvgIpc) is 2.45. The minimum atomic E-state index is 0.0544. The molecule has 0 spiro atoms. The van der Waals surface area contributed by atoms with Gasteiger partial charge in [-0.25, -0.2) is 0 Å². The van der Waals surface area contributed by atoms with Crippen LogP contribution in [0.25, 0.3) is 0 Å². The molecular weight excluding hydrogens is 330 g/mol. The summed E-state index contributed by atoms with van der Waals surface area (Å²) >= 11 is 3.66. The predicted molar refractivity (Wildman–Crippen MR) is 90.4 cm³/mol. The largest absolute Gasteiger partial charge is 0.371 e. The molecule has 1 aliphatic heterocycles. The lowest BCUT2D eigenvalue weighted by molar-refractivity contribution is -0.119. The van der Waals surface area contributed by atoms with Gasteiger partial charge in [-0.2, -0.15) is 0 Å². The Morgan fingerprint density at radius 2 is 2.14 bits per heavy atom. The second-order valence-electron chi connectivity index (χ2n) is 5.87. The Bertz CT molecular complexity index is 496. The summed E-state index contributed by atoms with van der Waals surface area (Å²) in [6.45, 7) is 6.43. The first-order valence-electron chi connectivity index (χ1n) is 7.51. The number of nitrogens with two attached hydrogens (primary N) is 1. The first-order chi connectivity index (χ1) is 9.97. The molecule has 1 aliphatic rings. The molecule has 0 aromatic heterocycles. The van der Waals surface area contributed by atoms with Crippen LogP contribution in [0.1, 0.15) is 38.3 Å². The molecule has 1 atom stereocenters. The number of rotatable bonds is 4. The fourth-order valence-corrected chi connectivity index (χ4v) is 3.38. The number of halogens is 1. The van der Waals surface area contributed by atoms with Gasteiger partial charge in [0.25, 0.3) is 0 Å². The third kappa shape index (κ3) is 4.45. The molecule has 3 N–H and O–H groups in total. The van der Waals surface area contributed by atoms with Gasteiger partial charge in [-0.1, -0.05) is 6.07 Å². The highest BCUT2D eigenvalue weighted by atomic mass is 79.9. The van der Waals surface area contributed by atoms with Crippen LogP contribution >= 0.6 is 15.9 Å². The Morgan fingerprint density at radius 3 is 2.67 bits per heavy atom. The summed E-state index contributed by atoms with van der Waals surface area (Å²) in [5.41, 5.74) is 8.30. The highest BCUT2D eigenvalue weighted by Crippen LogP contribution is 2.31. The van der Waals surface area contributed by atoms with Crippen molar-refractivity contribution in [3.05, 3.63) is 28.2 Å². The zero-order valence-electron chi connectivity index (χ0n) is 12.7. The third-order valence-corrected chi connectivity index (χ3v) is 4.73. The summed E-state index contributed by atoms with van der Waals surface area (Å²) in [5.74, 6) is 0.652. The van der Waals surface area contributed by atoms with Gasteiger partial charge in [0.1, 0.15) is 0 Å². The van der Waals surface area contributed by atoms with Crippen LogP contribution in [-0.2, 0) is 4.79 Å². The molecule has 2 rings (SSSR count). The lowest BCUT2D eigenvalue weighted by Gasteiger charge is -2.34. The van der Waals surface area contributed by atoms with Crippen molar-refractivity contribution in [1.29, 1.82) is 0 Å². The van der Waals surface area contributed by atoms with E-state index in [4.69, 9.17) is 5.73 Å². The smallest absolute Gasteiger partial charge is 0.216 e. The standard InChI is InChI=1S/C16H24BrN3O/c1-11(18)14-3-4-16(15(17)9-14)20-7-5-13(6-8-20)10-19-12(2)21/h3-4,9,11,13H,5-8,10,18H2,1-2H3,(H,19,21)/t11-/m0/s1. The minimum absolute atomic E-state index is 0.0544. The second kappa shape index (κ2) is 7.27. The van der Waals surface area contributed by atoms with Crippen molar-refractivity contribution < 1.29 is 4.79 Å². The van der Waals surface area contributed by atoms with Crippen molar-refractivity contribution in [2.75, 3.05) is 24.5 Å². The Hall–Kier alpha value is -1.07. The van der Waals surface area contributed by atoms with E-state index in [0.29, 0.717) is 5.92 Å². The number of piperidine rings is 1. The van der Waals surface area contributed by atoms with Gasteiger partial charge in [-0.05, 0) is 59.3 Å². The van der Waals surface area contributed by atoms with Gasteiger partial charge in [0.05, 0.1) is 5.69 Å². The number of carbonyl (C=O) groups excluding carboxylic acids is 1. The van der Waals surface area contributed by atoms with Crippen LogP contribution < -0.4 is 16.0 Å². The number of anilines is 1. The molecule has 0 unspecified atom stereocenters. The average molecular weight is 354 g/mol. The third-order valence-electron chi connectivity index (χ3n) is 4.09. The molecule has 1 heterocycles. The topological polar surface area (TPSA) is 58.4 Å². The SMILES string of the molecule is CC(=O)NCC1CCN(c2ccc([C@H](C)N)cc2Br)CC1. The molecule has 1 aromatic rings. The highest BCUT2D eigenvalue weighted by Gasteiger charge is 2.21. The summed E-state index contributed by atoms with van der Waals surface area (Å²) in [5, 5.41) is 2.92. The zero-order chi connectivity index (χ0) is 15.4. The van der Waals surface area contributed by atoms with E-state index < -0.39 is 0 Å². The van der Waals surface area contributed by atoms with E-state index in [-0.39, 0.29) is 11.9 Å². The van der Waals surface area contributed by atoms with E-state index in [0.717, 1.165) is 42.5 Å². The number of hydrogen-bond acceptors (Lipinski definition) is 3. The van der Waals surface area contributed by atoms with Gasteiger partial charge in [0.15, 0.2) is 0 Å². The molecular formula is C16H24BrN3O. The van der Waals surface area contributed by atoms with Gasteiger partial charge in [0.2, 0.25) is 5.91 Å². The molecule has 0 bridgehead atoms. The molecule has 1 aromatic carbocycles. The quantitative estimate of drug-likeness (QED) is 0.874. The number of amides is 1. The van der Waals surface area contributed by atoms with Crippen molar-refractivity contribution in [3.8, 4) is 0 Å². The van der Waals surface area contributed by atoms with Crippen molar-refractivity contribution in [3.63, 3.8) is 0 Å². The van der Waals surface area contributed by atoms with Gasteiger partial charge in [-0.15, -0.1) is 0 Å². The highest BCUT2D eigenvalue weighted by molar-refractivity contribution is 9.10. The zero-order valence-corrected chi connectivity index (χ0v) is 14.3. The molecule has 0 radical (unpaired) electrons. The van der Waals surface area contributed by atoms with Gasteiger partial charge >= 0.3 is 0 Å². The van der Waals surface area contributed by atoms with Crippen LogP contribution in [0.3, 0.4) is 0 Å². The van der Waals surface area contributed by atoms with E-state index in [1.165, 1.54) is 5.69 Å².